The van der Waals surface area contributed by atoms with Crippen molar-refractivity contribution < 1.29 is 4.74 Å². The van der Waals surface area contributed by atoms with Crippen LogP contribution in [0, 0.1) is 5.92 Å². The van der Waals surface area contributed by atoms with Gasteiger partial charge in [0.25, 0.3) is 0 Å². The van der Waals surface area contributed by atoms with E-state index < -0.39 is 0 Å². The van der Waals surface area contributed by atoms with Crippen molar-refractivity contribution in [2.45, 2.75) is 12.5 Å². The monoisotopic (exact) mass is 194 g/mol. The molecule has 3 N–H and O–H groups in total. The van der Waals surface area contributed by atoms with Crippen molar-refractivity contribution in [1.82, 2.24) is 15.4 Å². The third-order valence-corrected chi connectivity index (χ3v) is 2.56. The summed E-state index contributed by atoms with van der Waals surface area (Å²) in [5.74, 6) is 5.95. The lowest BCUT2D eigenvalue weighted by molar-refractivity contribution is 0.176. The molecule has 76 valence electrons. The van der Waals surface area contributed by atoms with Crippen LogP contribution in [0.15, 0.2) is 18.7 Å². The van der Waals surface area contributed by atoms with Crippen LogP contribution in [0.5, 0.6) is 0 Å². The molecule has 1 aliphatic heterocycles. The van der Waals surface area contributed by atoms with Gasteiger partial charge in [-0.2, -0.15) is 0 Å². The predicted octanol–water partition coefficient (Wildman–Crippen LogP) is 0.0175. The number of nitrogens with two attached hydrogens (primary N) is 1. The number of aromatic nitrogens is 2. The molecule has 5 heteroatoms. The van der Waals surface area contributed by atoms with Crippen LogP contribution in [-0.4, -0.2) is 23.2 Å². The fraction of sp³-hybridized carbons (Fsp3) is 0.556. The molecule has 14 heavy (non-hydrogen) atoms. The molecule has 2 atom stereocenters. The van der Waals surface area contributed by atoms with Crippen molar-refractivity contribution >= 4 is 0 Å². The van der Waals surface area contributed by atoms with Crippen LogP contribution in [-0.2, 0) is 4.74 Å². The summed E-state index contributed by atoms with van der Waals surface area (Å²) in [5.41, 5.74) is 3.82. The van der Waals surface area contributed by atoms with Gasteiger partial charge < -0.3 is 4.74 Å². The summed E-state index contributed by atoms with van der Waals surface area (Å²) in [6.45, 7) is 1.57. The number of rotatable bonds is 3. The minimum absolute atomic E-state index is 0.0960. The van der Waals surface area contributed by atoms with Crippen molar-refractivity contribution in [3.63, 3.8) is 0 Å². The minimum atomic E-state index is 0.0960. The van der Waals surface area contributed by atoms with Crippen molar-refractivity contribution in [2.75, 3.05) is 13.2 Å². The van der Waals surface area contributed by atoms with Gasteiger partial charge in [0.05, 0.1) is 12.6 Å². The second-order valence-corrected chi connectivity index (χ2v) is 3.44. The summed E-state index contributed by atoms with van der Waals surface area (Å²) >= 11 is 0. The lowest BCUT2D eigenvalue weighted by Gasteiger charge is -2.20. The van der Waals surface area contributed by atoms with Gasteiger partial charge in [0.1, 0.15) is 6.33 Å². The molecule has 0 bridgehead atoms. The molecule has 1 fully saturated rings. The first-order valence-electron chi connectivity index (χ1n) is 4.70. The molecule has 0 aliphatic carbocycles. The molecule has 0 aromatic carbocycles. The Balaban J connectivity index is 2.12. The molecule has 0 saturated carbocycles. The van der Waals surface area contributed by atoms with Crippen molar-refractivity contribution in [3.05, 3.63) is 24.3 Å². The molecule has 1 saturated heterocycles. The molecular formula is C9H14N4O. The lowest BCUT2D eigenvalue weighted by Crippen LogP contribution is -2.34. The Morgan fingerprint density at radius 2 is 2.29 bits per heavy atom. The molecule has 1 aromatic rings. The molecule has 2 rings (SSSR count). The van der Waals surface area contributed by atoms with E-state index in [0.717, 1.165) is 25.2 Å². The first kappa shape index (κ1) is 9.51. The summed E-state index contributed by atoms with van der Waals surface area (Å²) in [6.07, 6.45) is 6.12. The van der Waals surface area contributed by atoms with E-state index in [9.17, 15) is 0 Å². The van der Waals surface area contributed by atoms with Crippen LogP contribution >= 0.6 is 0 Å². The zero-order valence-corrected chi connectivity index (χ0v) is 7.89. The summed E-state index contributed by atoms with van der Waals surface area (Å²) in [4.78, 5) is 7.95. The zero-order chi connectivity index (χ0) is 9.80. The fourth-order valence-electron chi connectivity index (χ4n) is 1.79. The van der Waals surface area contributed by atoms with Crippen LogP contribution in [0.2, 0.25) is 0 Å². The van der Waals surface area contributed by atoms with Crippen molar-refractivity contribution in [1.29, 1.82) is 0 Å². The highest BCUT2D eigenvalue weighted by molar-refractivity contribution is 5.10. The maximum Gasteiger partial charge on any atom is 0.115 e. The highest BCUT2D eigenvalue weighted by atomic mass is 16.5. The Morgan fingerprint density at radius 1 is 1.50 bits per heavy atom. The molecule has 5 nitrogen and oxygen atoms in total. The minimum Gasteiger partial charge on any atom is -0.381 e. The van der Waals surface area contributed by atoms with E-state index >= 15 is 0 Å². The van der Waals surface area contributed by atoms with E-state index in [0.29, 0.717) is 5.92 Å². The fourth-order valence-corrected chi connectivity index (χ4v) is 1.79. The van der Waals surface area contributed by atoms with Crippen LogP contribution in [0.25, 0.3) is 0 Å². The summed E-state index contributed by atoms with van der Waals surface area (Å²) in [7, 11) is 0. The second kappa shape index (κ2) is 4.45. The molecule has 0 spiro atoms. The van der Waals surface area contributed by atoms with Gasteiger partial charge in [0.2, 0.25) is 0 Å². The van der Waals surface area contributed by atoms with Crippen molar-refractivity contribution in [2.24, 2.45) is 11.8 Å². The van der Waals surface area contributed by atoms with Gasteiger partial charge in [-0.25, -0.2) is 9.97 Å². The maximum atomic E-state index is 5.52. The third kappa shape index (κ3) is 1.89. The van der Waals surface area contributed by atoms with Crippen molar-refractivity contribution in [3.8, 4) is 0 Å². The molecular weight excluding hydrogens is 180 g/mol. The largest absolute Gasteiger partial charge is 0.381 e. The number of hydrazine groups is 1. The standard InChI is InChI=1S/C9H14N4O/c10-13-9(7-1-2-14-5-7)8-3-11-6-12-4-8/h3-4,6-7,9,13H,1-2,5,10H2. The van der Waals surface area contributed by atoms with Gasteiger partial charge in [0.15, 0.2) is 0 Å². The Morgan fingerprint density at radius 3 is 2.86 bits per heavy atom. The topological polar surface area (TPSA) is 73.1 Å². The molecule has 2 unspecified atom stereocenters. The van der Waals surface area contributed by atoms with Gasteiger partial charge in [0, 0.05) is 30.5 Å². The van der Waals surface area contributed by atoms with E-state index in [2.05, 4.69) is 15.4 Å². The van der Waals surface area contributed by atoms with E-state index in [4.69, 9.17) is 10.6 Å². The van der Waals surface area contributed by atoms with E-state index in [-0.39, 0.29) is 6.04 Å². The highest BCUT2D eigenvalue weighted by Gasteiger charge is 2.26. The summed E-state index contributed by atoms with van der Waals surface area (Å²) in [5, 5.41) is 0. The van der Waals surface area contributed by atoms with E-state index in [1.54, 1.807) is 12.4 Å². The molecule has 1 aliphatic rings. The lowest BCUT2D eigenvalue weighted by atomic mass is 9.95. The van der Waals surface area contributed by atoms with Gasteiger partial charge in [-0.1, -0.05) is 0 Å². The van der Waals surface area contributed by atoms with Crippen LogP contribution in [0.1, 0.15) is 18.0 Å². The van der Waals surface area contributed by atoms with Gasteiger partial charge in [-0.3, -0.25) is 11.3 Å². The van der Waals surface area contributed by atoms with E-state index in [1.807, 2.05) is 0 Å². The normalized spacial score (nSPS) is 23.6. The highest BCUT2D eigenvalue weighted by Crippen LogP contribution is 2.26. The van der Waals surface area contributed by atoms with Gasteiger partial charge in [-0.05, 0) is 6.42 Å². The Hall–Kier alpha value is -1.04. The zero-order valence-electron chi connectivity index (χ0n) is 7.89. The van der Waals surface area contributed by atoms with Crippen LogP contribution in [0.4, 0.5) is 0 Å². The number of ether oxygens (including phenoxy) is 1. The smallest absolute Gasteiger partial charge is 0.115 e. The maximum absolute atomic E-state index is 5.52. The predicted molar refractivity (Wildman–Crippen MR) is 51.0 cm³/mol. The molecule has 0 radical (unpaired) electrons. The Bertz CT molecular complexity index is 273. The van der Waals surface area contributed by atoms with Gasteiger partial charge >= 0.3 is 0 Å². The molecule has 1 aromatic heterocycles. The SMILES string of the molecule is NNC(c1cncnc1)C1CCOC1. The number of hydrogen-bond donors (Lipinski definition) is 2. The molecule has 0 amide bonds. The summed E-state index contributed by atoms with van der Waals surface area (Å²) in [6, 6.07) is 0.0960. The van der Waals surface area contributed by atoms with Crippen LogP contribution in [0.3, 0.4) is 0 Å². The number of nitrogens with zero attached hydrogens (tertiary/aromatic N) is 2. The third-order valence-electron chi connectivity index (χ3n) is 2.56. The quantitative estimate of drug-likeness (QED) is 0.524. The Kier molecular flexibility index (Phi) is 3.03. The summed E-state index contributed by atoms with van der Waals surface area (Å²) < 4.78 is 5.33. The van der Waals surface area contributed by atoms with Gasteiger partial charge in [-0.15, -0.1) is 0 Å². The Labute approximate surface area is 82.7 Å². The average molecular weight is 194 g/mol. The number of hydrogen-bond acceptors (Lipinski definition) is 5. The van der Waals surface area contributed by atoms with Crippen LogP contribution < -0.4 is 11.3 Å². The van der Waals surface area contributed by atoms with E-state index in [1.165, 1.54) is 6.33 Å². The molecule has 2 heterocycles. The number of nitrogens with one attached hydrogen (secondary N) is 1. The second-order valence-electron chi connectivity index (χ2n) is 3.44. The first-order valence-corrected chi connectivity index (χ1v) is 4.70. The first-order chi connectivity index (χ1) is 6.92. The average Bonchev–Trinajstić information content (AvgIpc) is 2.74.